The van der Waals surface area contributed by atoms with Crippen molar-refractivity contribution in [2.75, 3.05) is 0 Å². The zero-order chi connectivity index (χ0) is 12.4. The molecule has 1 aromatic heterocycles. The second kappa shape index (κ2) is 5.55. The van der Waals surface area contributed by atoms with Gasteiger partial charge >= 0.3 is 0 Å². The molecule has 0 aliphatic carbocycles. The largest absolute Gasteiger partial charge is 0.240 e. The molecular weight excluding hydrogens is 314 g/mol. The smallest absolute Gasteiger partial charge is 0.124 e. The summed E-state index contributed by atoms with van der Waals surface area (Å²) < 4.78 is 1.12. The molecule has 0 bridgehead atoms. The summed E-state index contributed by atoms with van der Waals surface area (Å²) in [5.74, 6) is 0. The minimum atomic E-state index is 0.622. The quantitative estimate of drug-likeness (QED) is 0.702. The second-order valence-corrected chi connectivity index (χ2v) is 8.04. The van der Waals surface area contributed by atoms with Crippen molar-refractivity contribution in [1.82, 2.24) is 4.98 Å². The number of thiazole rings is 1. The molecule has 0 N–H and O–H groups in total. The van der Waals surface area contributed by atoms with Crippen molar-refractivity contribution in [2.45, 2.75) is 30.9 Å². The number of aryl methyl sites for hydroxylation is 1. The lowest BCUT2D eigenvalue weighted by Crippen LogP contribution is -1.85. The van der Waals surface area contributed by atoms with Gasteiger partial charge in [0.2, 0.25) is 0 Å². The lowest BCUT2D eigenvalue weighted by molar-refractivity contribution is 1.11. The Labute approximate surface area is 119 Å². The first-order valence-electron chi connectivity index (χ1n) is 5.46. The van der Waals surface area contributed by atoms with Crippen LogP contribution in [0.15, 0.2) is 32.9 Å². The fraction of sp³-hybridized carbons (Fsp3) is 0.308. The minimum Gasteiger partial charge on any atom is -0.240 e. The average molecular weight is 328 g/mol. The first-order chi connectivity index (χ1) is 8.06. The lowest BCUT2D eigenvalue weighted by Gasteiger charge is -2.04. The molecule has 90 valence electrons. The van der Waals surface area contributed by atoms with Gasteiger partial charge in [0.25, 0.3) is 0 Å². The molecule has 0 spiro atoms. The number of rotatable bonds is 3. The van der Waals surface area contributed by atoms with E-state index in [1.165, 1.54) is 10.5 Å². The molecule has 0 saturated heterocycles. The van der Waals surface area contributed by atoms with Crippen LogP contribution < -0.4 is 0 Å². The highest BCUT2D eigenvalue weighted by Crippen LogP contribution is 2.32. The van der Waals surface area contributed by atoms with Gasteiger partial charge in [0.05, 0.1) is 9.48 Å². The molecule has 1 nitrogen and oxygen atoms in total. The molecule has 0 radical (unpaired) electrons. The van der Waals surface area contributed by atoms with E-state index in [-0.39, 0.29) is 0 Å². The summed E-state index contributed by atoms with van der Waals surface area (Å²) in [6, 6.07) is 8.64. The van der Waals surface area contributed by atoms with Gasteiger partial charge in [-0.05, 0) is 35.0 Å². The zero-order valence-electron chi connectivity index (χ0n) is 10.0. The SMILES string of the molecule is Cc1nc(-c2ccc(SC(C)C)cc2)sc1Br. The average Bonchev–Trinajstić information content (AvgIpc) is 2.59. The van der Waals surface area contributed by atoms with Crippen LogP contribution >= 0.6 is 39.0 Å². The molecule has 17 heavy (non-hydrogen) atoms. The second-order valence-electron chi connectivity index (χ2n) is 4.07. The highest BCUT2D eigenvalue weighted by Gasteiger charge is 2.07. The van der Waals surface area contributed by atoms with Crippen molar-refractivity contribution in [3.05, 3.63) is 33.7 Å². The number of hydrogen-bond donors (Lipinski definition) is 0. The van der Waals surface area contributed by atoms with Crippen molar-refractivity contribution in [1.29, 1.82) is 0 Å². The van der Waals surface area contributed by atoms with Gasteiger partial charge in [0.1, 0.15) is 5.01 Å². The maximum Gasteiger partial charge on any atom is 0.124 e. The molecule has 0 saturated carbocycles. The van der Waals surface area contributed by atoms with E-state index in [1.54, 1.807) is 11.3 Å². The van der Waals surface area contributed by atoms with Gasteiger partial charge in [-0.3, -0.25) is 0 Å². The predicted octanol–water partition coefficient (Wildman–Crippen LogP) is 5.38. The summed E-state index contributed by atoms with van der Waals surface area (Å²) in [6.07, 6.45) is 0. The number of halogens is 1. The first-order valence-corrected chi connectivity index (χ1v) is 7.95. The Bertz CT molecular complexity index is 483. The Morgan fingerprint density at radius 2 is 1.88 bits per heavy atom. The van der Waals surface area contributed by atoms with Crippen molar-refractivity contribution in [2.24, 2.45) is 0 Å². The van der Waals surface area contributed by atoms with E-state index in [0.717, 1.165) is 14.5 Å². The van der Waals surface area contributed by atoms with Crippen LogP contribution in [0.1, 0.15) is 19.5 Å². The van der Waals surface area contributed by atoms with Crippen LogP contribution in [0.4, 0.5) is 0 Å². The Kier molecular flexibility index (Phi) is 4.28. The summed E-state index contributed by atoms with van der Waals surface area (Å²) >= 11 is 7.08. The summed E-state index contributed by atoms with van der Waals surface area (Å²) in [5.41, 5.74) is 2.25. The third kappa shape index (κ3) is 3.33. The van der Waals surface area contributed by atoms with Crippen molar-refractivity contribution >= 4 is 39.0 Å². The monoisotopic (exact) mass is 327 g/mol. The van der Waals surface area contributed by atoms with Crippen LogP contribution in [0.3, 0.4) is 0 Å². The molecule has 1 aromatic carbocycles. The van der Waals surface area contributed by atoms with E-state index < -0.39 is 0 Å². The van der Waals surface area contributed by atoms with Crippen molar-refractivity contribution in [3.63, 3.8) is 0 Å². The molecule has 0 unspecified atom stereocenters. The van der Waals surface area contributed by atoms with E-state index in [1.807, 2.05) is 18.7 Å². The van der Waals surface area contributed by atoms with Crippen LogP contribution in [-0.2, 0) is 0 Å². The fourth-order valence-electron chi connectivity index (χ4n) is 1.45. The molecule has 0 aliphatic heterocycles. The number of thioether (sulfide) groups is 1. The maximum atomic E-state index is 4.54. The van der Waals surface area contributed by atoms with E-state index in [9.17, 15) is 0 Å². The van der Waals surface area contributed by atoms with E-state index in [2.05, 4.69) is 59.0 Å². The summed E-state index contributed by atoms with van der Waals surface area (Å²) in [5, 5.41) is 1.70. The van der Waals surface area contributed by atoms with Crippen molar-refractivity contribution < 1.29 is 0 Å². The Balaban J connectivity index is 2.23. The Morgan fingerprint density at radius 3 is 2.35 bits per heavy atom. The molecule has 2 aromatic rings. The highest BCUT2D eigenvalue weighted by atomic mass is 79.9. The first kappa shape index (κ1) is 13.1. The van der Waals surface area contributed by atoms with E-state index >= 15 is 0 Å². The van der Waals surface area contributed by atoms with Gasteiger partial charge in [0, 0.05) is 15.7 Å². The van der Waals surface area contributed by atoms with Crippen molar-refractivity contribution in [3.8, 4) is 10.6 Å². The molecule has 0 atom stereocenters. The molecule has 2 rings (SSSR count). The van der Waals surface area contributed by atoms with Crippen LogP contribution in [0.25, 0.3) is 10.6 Å². The minimum absolute atomic E-state index is 0.622. The number of aromatic nitrogens is 1. The molecule has 0 amide bonds. The summed E-state index contributed by atoms with van der Waals surface area (Å²) in [7, 11) is 0. The summed E-state index contributed by atoms with van der Waals surface area (Å²) in [6.45, 7) is 6.44. The Morgan fingerprint density at radius 1 is 1.24 bits per heavy atom. The fourth-order valence-corrected chi connectivity index (χ4v) is 3.64. The maximum absolute atomic E-state index is 4.54. The molecule has 4 heteroatoms. The predicted molar refractivity (Wildman–Crippen MR) is 81.0 cm³/mol. The van der Waals surface area contributed by atoms with Gasteiger partial charge in [-0.1, -0.05) is 26.0 Å². The Hall–Kier alpha value is -0.320. The topological polar surface area (TPSA) is 12.9 Å². The highest BCUT2D eigenvalue weighted by molar-refractivity contribution is 9.11. The van der Waals surface area contributed by atoms with Crippen LogP contribution in [0, 0.1) is 6.92 Å². The lowest BCUT2D eigenvalue weighted by atomic mass is 10.2. The summed E-state index contributed by atoms with van der Waals surface area (Å²) in [4.78, 5) is 5.85. The third-order valence-electron chi connectivity index (χ3n) is 2.21. The van der Waals surface area contributed by atoms with E-state index in [4.69, 9.17) is 0 Å². The van der Waals surface area contributed by atoms with Gasteiger partial charge in [0.15, 0.2) is 0 Å². The molecule has 0 aliphatic rings. The number of nitrogens with zero attached hydrogens (tertiary/aromatic N) is 1. The number of hydrogen-bond acceptors (Lipinski definition) is 3. The molecular formula is C13H14BrNS2. The van der Waals surface area contributed by atoms with Crippen LogP contribution in [-0.4, -0.2) is 10.2 Å². The van der Waals surface area contributed by atoms with Gasteiger partial charge < -0.3 is 0 Å². The van der Waals surface area contributed by atoms with Gasteiger partial charge in [-0.2, -0.15) is 0 Å². The van der Waals surface area contributed by atoms with Gasteiger partial charge in [-0.25, -0.2) is 4.98 Å². The standard InChI is InChI=1S/C13H14BrNS2/c1-8(2)16-11-6-4-10(5-7-11)13-15-9(3)12(14)17-13/h4-8H,1-3H3. The molecule has 1 heterocycles. The van der Waals surface area contributed by atoms with Crippen LogP contribution in [0.2, 0.25) is 0 Å². The molecule has 0 fully saturated rings. The normalized spacial score (nSPS) is 11.1. The van der Waals surface area contributed by atoms with E-state index in [0.29, 0.717) is 5.25 Å². The van der Waals surface area contributed by atoms with Crippen LogP contribution in [0.5, 0.6) is 0 Å². The number of benzene rings is 1. The zero-order valence-corrected chi connectivity index (χ0v) is 13.2. The third-order valence-corrected chi connectivity index (χ3v) is 5.28. The van der Waals surface area contributed by atoms with Gasteiger partial charge in [-0.15, -0.1) is 23.1 Å².